The lowest BCUT2D eigenvalue weighted by Gasteiger charge is -2.12. The van der Waals surface area contributed by atoms with E-state index in [0.717, 1.165) is 46.4 Å². The largest absolute Gasteiger partial charge is 0.261 e. The van der Waals surface area contributed by atoms with Gasteiger partial charge in [0.15, 0.2) is 0 Å². The van der Waals surface area contributed by atoms with Crippen molar-refractivity contribution in [2.24, 2.45) is 0 Å². The second-order valence-corrected chi connectivity index (χ2v) is 5.91. The van der Waals surface area contributed by atoms with Gasteiger partial charge in [-0.05, 0) is 71.5 Å². The quantitative estimate of drug-likeness (QED) is 0.612. The molecular formula is C21H15F2N. The summed E-state index contributed by atoms with van der Waals surface area (Å²) < 4.78 is 26.9. The maximum Gasteiger partial charge on any atom is 0.123 e. The van der Waals surface area contributed by atoms with E-state index in [1.807, 2.05) is 24.3 Å². The van der Waals surface area contributed by atoms with Gasteiger partial charge in [-0.15, -0.1) is 0 Å². The number of fused-ring (bicyclic) bond motifs is 2. The number of halogens is 2. The third-order valence-corrected chi connectivity index (χ3v) is 4.35. The SMILES string of the molecule is Fc1ccc(/C=C2/c3ccc(F)cc3CCc3ncccc32)cc1. The summed E-state index contributed by atoms with van der Waals surface area (Å²) in [6.07, 6.45) is 5.32. The van der Waals surface area contributed by atoms with Crippen LogP contribution in [-0.2, 0) is 12.8 Å². The van der Waals surface area contributed by atoms with Crippen molar-refractivity contribution >= 4 is 11.6 Å². The van der Waals surface area contributed by atoms with Gasteiger partial charge in [0.2, 0.25) is 0 Å². The van der Waals surface area contributed by atoms with Crippen LogP contribution in [0.5, 0.6) is 0 Å². The molecule has 3 aromatic rings. The van der Waals surface area contributed by atoms with Crippen molar-refractivity contribution < 1.29 is 8.78 Å². The van der Waals surface area contributed by atoms with Crippen LogP contribution in [0.4, 0.5) is 8.78 Å². The van der Waals surface area contributed by atoms with Crippen molar-refractivity contribution in [3.05, 3.63) is 100 Å². The Morgan fingerprint density at radius 3 is 2.46 bits per heavy atom. The Hall–Kier alpha value is -2.81. The van der Waals surface area contributed by atoms with Crippen LogP contribution in [0.2, 0.25) is 0 Å². The number of nitrogens with zero attached hydrogens (tertiary/aromatic N) is 1. The van der Waals surface area contributed by atoms with Crippen LogP contribution in [-0.4, -0.2) is 4.98 Å². The standard InChI is InChI=1S/C21H15F2N/c22-16-6-3-14(4-7-16)12-20-18-9-8-17(23)13-15(18)5-10-21-19(20)2-1-11-24-21/h1-4,6-9,11-13H,5,10H2/b20-12-. The summed E-state index contributed by atoms with van der Waals surface area (Å²) in [7, 11) is 0. The average Bonchev–Trinajstić information content (AvgIpc) is 2.74. The Morgan fingerprint density at radius 1 is 0.833 bits per heavy atom. The summed E-state index contributed by atoms with van der Waals surface area (Å²) in [5.41, 5.74) is 5.93. The number of benzene rings is 2. The second-order valence-electron chi connectivity index (χ2n) is 5.91. The topological polar surface area (TPSA) is 12.9 Å². The van der Waals surface area contributed by atoms with Gasteiger partial charge in [0.1, 0.15) is 11.6 Å². The molecule has 0 radical (unpaired) electrons. The van der Waals surface area contributed by atoms with Gasteiger partial charge in [-0.1, -0.05) is 24.3 Å². The van der Waals surface area contributed by atoms with E-state index in [1.54, 1.807) is 24.4 Å². The molecular weight excluding hydrogens is 304 g/mol. The Morgan fingerprint density at radius 2 is 1.62 bits per heavy atom. The van der Waals surface area contributed by atoms with Gasteiger partial charge in [-0.3, -0.25) is 4.98 Å². The van der Waals surface area contributed by atoms with Crippen molar-refractivity contribution in [3.8, 4) is 0 Å². The van der Waals surface area contributed by atoms with E-state index in [4.69, 9.17) is 0 Å². The normalized spacial score (nSPS) is 14.8. The maximum absolute atomic E-state index is 13.7. The minimum Gasteiger partial charge on any atom is -0.261 e. The molecule has 0 amide bonds. The van der Waals surface area contributed by atoms with E-state index in [2.05, 4.69) is 4.98 Å². The van der Waals surface area contributed by atoms with Gasteiger partial charge in [-0.2, -0.15) is 0 Å². The molecule has 0 saturated heterocycles. The van der Waals surface area contributed by atoms with Crippen molar-refractivity contribution in [3.63, 3.8) is 0 Å². The van der Waals surface area contributed by atoms with Crippen LogP contribution < -0.4 is 0 Å². The lowest BCUT2D eigenvalue weighted by atomic mass is 9.93. The predicted molar refractivity (Wildman–Crippen MR) is 91.4 cm³/mol. The highest BCUT2D eigenvalue weighted by atomic mass is 19.1. The average molecular weight is 319 g/mol. The number of rotatable bonds is 1. The Balaban J connectivity index is 1.95. The molecule has 1 heterocycles. The zero-order valence-electron chi connectivity index (χ0n) is 13.0. The molecule has 0 fully saturated rings. The molecule has 1 aromatic heterocycles. The van der Waals surface area contributed by atoms with Gasteiger partial charge >= 0.3 is 0 Å². The van der Waals surface area contributed by atoms with Gasteiger partial charge in [0.05, 0.1) is 0 Å². The summed E-state index contributed by atoms with van der Waals surface area (Å²) >= 11 is 0. The molecule has 0 spiro atoms. The third kappa shape index (κ3) is 2.73. The molecule has 1 aliphatic carbocycles. The van der Waals surface area contributed by atoms with E-state index >= 15 is 0 Å². The van der Waals surface area contributed by atoms with E-state index in [9.17, 15) is 8.78 Å². The predicted octanol–water partition coefficient (Wildman–Crippen LogP) is 5.05. The van der Waals surface area contributed by atoms with Crippen LogP contribution in [0, 0.1) is 11.6 Å². The van der Waals surface area contributed by atoms with Gasteiger partial charge in [0, 0.05) is 17.5 Å². The molecule has 4 rings (SSSR count). The van der Waals surface area contributed by atoms with E-state index in [1.165, 1.54) is 18.2 Å². The molecule has 0 bridgehead atoms. The molecule has 3 heteroatoms. The maximum atomic E-state index is 13.7. The minimum atomic E-state index is -0.262. The Kier molecular flexibility index (Phi) is 3.69. The molecule has 0 aliphatic heterocycles. The lowest BCUT2D eigenvalue weighted by molar-refractivity contribution is 0.625. The van der Waals surface area contributed by atoms with Crippen molar-refractivity contribution in [1.82, 2.24) is 4.98 Å². The summed E-state index contributed by atoms with van der Waals surface area (Å²) in [5.74, 6) is -0.489. The van der Waals surface area contributed by atoms with Crippen LogP contribution >= 0.6 is 0 Å². The summed E-state index contributed by atoms with van der Waals surface area (Å²) in [6, 6.07) is 15.2. The lowest BCUT2D eigenvalue weighted by Crippen LogP contribution is -1.95. The Labute approximate surface area is 139 Å². The molecule has 0 saturated carbocycles. The van der Waals surface area contributed by atoms with Crippen molar-refractivity contribution in [2.45, 2.75) is 12.8 Å². The van der Waals surface area contributed by atoms with Crippen molar-refractivity contribution in [1.29, 1.82) is 0 Å². The first-order valence-corrected chi connectivity index (χ1v) is 7.91. The molecule has 24 heavy (non-hydrogen) atoms. The monoisotopic (exact) mass is 319 g/mol. The summed E-state index contributed by atoms with van der Waals surface area (Å²) in [6.45, 7) is 0. The second kappa shape index (κ2) is 6.00. The number of aryl methyl sites for hydroxylation is 2. The molecule has 118 valence electrons. The first kappa shape index (κ1) is 14.8. The summed E-state index contributed by atoms with van der Waals surface area (Å²) in [4.78, 5) is 4.50. The highest BCUT2D eigenvalue weighted by molar-refractivity contribution is 5.93. The summed E-state index contributed by atoms with van der Waals surface area (Å²) in [5, 5.41) is 0. The molecule has 0 atom stereocenters. The number of hydrogen-bond acceptors (Lipinski definition) is 1. The number of pyridine rings is 1. The van der Waals surface area contributed by atoms with E-state index in [-0.39, 0.29) is 11.6 Å². The molecule has 0 N–H and O–H groups in total. The zero-order chi connectivity index (χ0) is 16.5. The number of hydrogen-bond donors (Lipinski definition) is 0. The van der Waals surface area contributed by atoms with Crippen LogP contribution in [0.1, 0.15) is 27.9 Å². The first-order valence-electron chi connectivity index (χ1n) is 7.91. The highest BCUT2D eigenvalue weighted by Gasteiger charge is 2.19. The Bertz CT molecular complexity index is 927. The van der Waals surface area contributed by atoms with Gasteiger partial charge < -0.3 is 0 Å². The minimum absolute atomic E-state index is 0.228. The third-order valence-electron chi connectivity index (χ3n) is 4.35. The fourth-order valence-electron chi connectivity index (χ4n) is 3.19. The van der Waals surface area contributed by atoms with E-state index < -0.39 is 0 Å². The highest BCUT2D eigenvalue weighted by Crippen LogP contribution is 2.34. The van der Waals surface area contributed by atoms with Gasteiger partial charge in [-0.25, -0.2) is 8.78 Å². The van der Waals surface area contributed by atoms with Gasteiger partial charge in [0.25, 0.3) is 0 Å². The zero-order valence-corrected chi connectivity index (χ0v) is 13.0. The fourth-order valence-corrected chi connectivity index (χ4v) is 3.19. The first-order chi connectivity index (χ1) is 11.7. The molecule has 1 aliphatic rings. The molecule has 0 unspecified atom stereocenters. The smallest absolute Gasteiger partial charge is 0.123 e. The van der Waals surface area contributed by atoms with Crippen LogP contribution in [0.25, 0.3) is 11.6 Å². The fraction of sp³-hybridized carbons (Fsp3) is 0.0952. The van der Waals surface area contributed by atoms with Crippen LogP contribution in [0.3, 0.4) is 0 Å². The molecule has 2 aromatic carbocycles. The van der Waals surface area contributed by atoms with Crippen molar-refractivity contribution in [2.75, 3.05) is 0 Å². The van der Waals surface area contributed by atoms with Crippen LogP contribution in [0.15, 0.2) is 60.8 Å². The molecule has 1 nitrogen and oxygen atoms in total. The number of aromatic nitrogens is 1. The van der Waals surface area contributed by atoms with E-state index in [0.29, 0.717) is 0 Å².